The highest BCUT2D eigenvalue weighted by Gasteiger charge is 2.31. The van der Waals surface area contributed by atoms with Crippen molar-refractivity contribution in [2.24, 2.45) is 0 Å². The van der Waals surface area contributed by atoms with E-state index in [1.54, 1.807) is 4.90 Å². The van der Waals surface area contributed by atoms with E-state index in [0.29, 0.717) is 13.1 Å². The molecule has 0 saturated carbocycles. The lowest BCUT2D eigenvalue weighted by Crippen LogP contribution is -2.24. The van der Waals surface area contributed by atoms with E-state index in [9.17, 15) is 4.79 Å². The summed E-state index contributed by atoms with van der Waals surface area (Å²) >= 11 is 0. The van der Waals surface area contributed by atoms with E-state index in [1.807, 2.05) is 19.1 Å². The van der Waals surface area contributed by atoms with Crippen molar-refractivity contribution in [1.82, 2.24) is 4.90 Å². The first-order valence-corrected chi connectivity index (χ1v) is 7.94. The Hall–Kier alpha value is -2.03. The van der Waals surface area contributed by atoms with Gasteiger partial charge < -0.3 is 9.64 Å². The summed E-state index contributed by atoms with van der Waals surface area (Å²) in [5.41, 5.74) is 3.68. The molecule has 1 aromatic rings. The van der Waals surface area contributed by atoms with Crippen LogP contribution in [0.15, 0.2) is 48.1 Å². The van der Waals surface area contributed by atoms with Gasteiger partial charge in [-0.25, -0.2) is 4.79 Å². The standard InChI is InChI=1S/C19H25NO2/c1-4-6-7-16(5-2)12-18-14-20(19(21)22-18)13-17-10-8-15(3)9-11-17/h4,6-11,18H,5,12-14H2,1-3H3/b6-4-,16-7+. The Bertz CT molecular complexity index is 557. The molecule has 118 valence electrons. The SMILES string of the molecule is C/C=C\C=C(/CC)CC1CN(Cc2ccc(C)cc2)C(=O)O1. The quantitative estimate of drug-likeness (QED) is 0.717. The van der Waals surface area contributed by atoms with Crippen LogP contribution in [-0.2, 0) is 11.3 Å². The lowest BCUT2D eigenvalue weighted by molar-refractivity contribution is 0.131. The molecule has 3 heteroatoms. The highest BCUT2D eigenvalue weighted by molar-refractivity contribution is 5.70. The van der Waals surface area contributed by atoms with Gasteiger partial charge in [-0.2, -0.15) is 0 Å². The number of benzene rings is 1. The molecule has 0 bridgehead atoms. The zero-order valence-electron chi connectivity index (χ0n) is 13.7. The molecule has 0 N–H and O–H groups in total. The topological polar surface area (TPSA) is 29.5 Å². The van der Waals surface area contributed by atoms with Crippen molar-refractivity contribution in [3.05, 3.63) is 59.2 Å². The average Bonchev–Trinajstić information content (AvgIpc) is 2.85. The molecule has 1 atom stereocenters. The second-order valence-electron chi connectivity index (χ2n) is 5.78. The van der Waals surface area contributed by atoms with Crippen LogP contribution in [0.3, 0.4) is 0 Å². The molecule has 1 unspecified atom stereocenters. The molecular formula is C19H25NO2. The maximum Gasteiger partial charge on any atom is 0.410 e. The van der Waals surface area contributed by atoms with Crippen molar-refractivity contribution in [2.75, 3.05) is 6.54 Å². The molecule has 1 aliphatic rings. The fourth-order valence-corrected chi connectivity index (χ4v) is 2.58. The summed E-state index contributed by atoms with van der Waals surface area (Å²) in [4.78, 5) is 13.8. The Kier molecular flexibility index (Phi) is 5.82. The molecule has 0 radical (unpaired) electrons. The number of cyclic esters (lactones) is 1. The Morgan fingerprint density at radius 2 is 2.09 bits per heavy atom. The first-order valence-electron chi connectivity index (χ1n) is 7.94. The summed E-state index contributed by atoms with van der Waals surface area (Å²) < 4.78 is 5.50. The highest BCUT2D eigenvalue weighted by Crippen LogP contribution is 2.21. The van der Waals surface area contributed by atoms with Crippen molar-refractivity contribution >= 4 is 6.09 Å². The number of nitrogens with zero attached hydrogens (tertiary/aromatic N) is 1. The van der Waals surface area contributed by atoms with Crippen LogP contribution in [0.25, 0.3) is 0 Å². The third-order valence-electron chi connectivity index (χ3n) is 3.91. The van der Waals surface area contributed by atoms with Crippen LogP contribution in [0.4, 0.5) is 4.79 Å². The highest BCUT2D eigenvalue weighted by atomic mass is 16.6. The first kappa shape index (κ1) is 16.3. The molecule has 1 amide bonds. The van der Waals surface area contributed by atoms with E-state index in [0.717, 1.165) is 18.4 Å². The molecule has 22 heavy (non-hydrogen) atoms. The summed E-state index contributed by atoms with van der Waals surface area (Å²) in [7, 11) is 0. The number of hydrogen-bond donors (Lipinski definition) is 0. The first-order chi connectivity index (χ1) is 10.6. The second kappa shape index (κ2) is 7.83. The van der Waals surface area contributed by atoms with Crippen molar-refractivity contribution < 1.29 is 9.53 Å². The average molecular weight is 299 g/mol. The number of allylic oxidation sites excluding steroid dienone is 3. The van der Waals surface area contributed by atoms with E-state index in [2.05, 4.69) is 44.2 Å². The van der Waals surface area contributed by atoms with Crippen LogP contribution in [0, 0.1) is 6.92 Å². The lowest BCUT2D eigenvalue weighted by atomic mass is 10.0. The zero-order valence-corrected chi connectivity index (χ0v) is 13.7. The van der Waals surface area contributed by atoms with Crippen LogP contribution in [0.5, 0.6) is 0 Å². The normalized spacial score (nSPS) is 19.0. The molecular weight excluding hydrogens is 274 g/mol. The largest absolute Gasteiger partial charge is 0.444 e. The molecule has 1 fully saturated rings. The van der Waals surface area contributed by atoms with Gasteiger partial charge in [0.2, 0.25) is 0 Å². The number of ether oxygens (including phenoxy) is 1. The van der Waals surface area contributed by atoms with E-state index >= 15 is 0 Å². The molecule has 1 aliphatic heterocycles. The Balaban J connectivity index is 1.94. The van der Waals surface area contributed by atoms with Crippen LogP contribution in [0.2, 0.25) is 0 Å². The van der Waals surface area contributed by atoms with Gasteiger partial charge in [0.15, 0.2) is 0 Å². The van der Waals surface area contributed by atoms with Gasteiger partial charge in [0, 0.05) is 13.0 Å². The minimum absolute atomic E-state index is 0.0330. The Labute approximate surface area is 133 Å². The fourth-order valence-electron chi connectivity index (χ4n) is 2.58. The van der Waals surface area contributed by atoms with Gasteiger partial charge in [-0.1, -0.05) is 60.6 Å². The number of carbonyl (C=O) groups excluding carboxylic acids is 1. The summed E-state index contributed by atoms with van der Waals surface area (Å²) in [6.45, 7) is 7.49. The summed E-state index contributed by atoms with van der Waals surface area (Å²) in [6, 6.07) is 8.28. The molecule has 1 heterocycles. The van der Waals surface area contributed by atoms with Gasteiger partial charge in [0.25, 0.3) is 0 Å². The van der Waals surface area contributed by atoms with Gasteiger partial charge in [-0.3, -0.25) is 0 Å². The molecule has 0 aromatic heterocycles. The Morgan fingerprint density at radius 1 is 1.36 bits per heavy atom. The smallest absolute Gasteiger partial charge is 0.410 e. The van der Waals surface area contributed by atoms with Crippen LogP contribution in [-0.4, -0.2) is 23.6 Å². The van der Waals surface area contributed by atoms with E-state index < -0.39 is 0 Å². The van der Waals surface area contributed by atoms with Crippen LogP contribution >= 0.6 is 0 Å². The number of rotatable bonds is 6. The van der Waals surface area contributed by atoms with E-state index in [1.165, 1.54) is 11.1 Å². The summed E-state index contributed by atoms with van der Waals surface area (Å²) in [6.07, 6.45) is 7.74. The minimum Gasteiger partial charge on any atom is -0.444 e. The molecule has 0 spiro atoms. The van der Waals surface area contributed by atoms with Gasteiger partial charge in [0.05, 0.1) is 6.54 Å². The number of amides is 1. The van der Waals surface area contributed by atoms with Crippen molar-refractivity contribution in [3.8, 4) is 0 Å². The predicted octanol–water partition coefficient (Wildman–Crippen LogP) is 4.62. The Morgan fingerprint density at radius 3 is 2.73 bits per heavy atom. The number of hydrogen-bond acceptors (Lipinski definition) is 2. The second-order valence-corrected chi connectivity index (χ2v) is 5.78. The molecule has 3 nitrogen and oxygen atoms in total. The van der Waals surface area contributed by atoms with Gasteiger partial charge in [-0.05, 0) is 25.8 Å². The van der Waals surface area contributed by atoms with Crippen molar-refractivity contribution in [3.63, 3.8) is 0 Å². The van der Waals surface area contributed by atoms with Gasteiger partial charge in [-0.15, -0.1) is 0 Å². The van der Waals surface area contributed by atoms with Gasteiger partial charge >= 0.3 is 6.09 Å². The third-order valence-corrected chi connectivity index (χ3v) is 3.91. The third kappa shape index (κ3) is 4.48. The zero-order chi connectivity index (χ0) is 15.9. The number of carbonyl (C=O) groups is 1. The number of aryl methyl sites for hydroxylation is 1. The molecule has 0 aliphatic carbocycles. The predicted molar refractivity (Wildman–Crippen MR) is 89.7 cm³/mol. The fraction of sp³-hybridized carbons (Fsp3) is 0.421. The minimum atomic E-state index is -0.202. The maximum absolute atomic E-state index is 12.0. The maximum atomic E-state index is 12.0. The monoisotopic (exact) mass is 299 g/mol. The summed E-state index contributed by atoms with van der Waals surface area (Å²) in [5.74, 6) is 0. The molecule has 2 rings (SSSR count). The van der Waals surface area contributed by atoms with Crippen molar-refractivity contribution in [1.29, 1.82) is 0 Å². The van der Waals surface area contributed by atoms with E-state index in [-0.39, 0.29) is 12.2 Å². The summed E-state index contributed by atoms with van der Waals surface area (Å²) in [5, 5.41) is 0. The molecule has 1 saturated heterocycles. The lowest BCUT2D eigenvalue weighted by Gasteiger charge is -2.13. The van der Waals surface area contributed by atoms with E-state index in [4.69, 9.17) is 4.74 Å². The van der Waals surface area contributed by atoms with Crippen LogP contribution < -0.4 is 0 Å². The van der Waals surface area contributed by atoms with Crippen molar-refractivity contribution in [2.45, 2.75) is 46.3 Å². The van der Waals surface area contributed by atoms with Crippen LogP contribution in [0.1, 0.15) is 37.8 Å². The van der Waals surface area contributed by atoms with Gasteiger partial charge in [0.1, 0.15) is 6.10 Å². The molecule has 1 aromatic carbocycles.